The molecule has 1 fully saturated rings. The topological polar surface area (TPSA) is 69.4 Å². The van der Waals surface area contributed by atoms with E-state index in [1.54, 1.807) is 38.2 Å². The van der Waals surface area contributed by atoms with Crippen LogP contribution in [0.1, 0.15) is 30.5 Å². The van der Waals surface area contributed by atoms with Crippen molar-refractivity contribution in [1.82, 2.24) is 14.8 Å². The van der Waals surface area contributed by atoms with Crippen molar-refractivity contribution in [2.24, 2.45) is 0 Å². The SMILES string of the molecule is CC(C)(SC1COC(/C=C/C=C/c2ccc(C(F)(F)F)cc2)OC1)C(O)(Cn1cncn1)c1ccc(F)cc1F. The molecule has 12 heteroatoms. The lowest BCUT2D eigenvalue weighted by molar-refractivity contribution is -0.146. The Labute approximate surface area is 232 Å². The Kier molecular flexibility index (Phi) is 9.13. The fraction of sp³-hybridized carbons (Fsp3) is 0.357. The zero-order valence-corrected chi connectivity index (χ0v) is 22.5. The van der Waals surface area contributed by atoms with Gasteiger partial charge in [-0.1, -0.05) is 36.4 Å². The zero-order chi connectivity index (χ0) is 29.0. The number of rotatable bonds is 9. The molecule has 2 aromatic carbocycles. The van der Waals surface area contributed by atoms with Crippen molar-refractivity contribution >= 4 is 17.8 Å². The first-order chi connectivity index (χ1) is 18.9. The van der Waals surface area contributed by atoms with Crippen LogP contribution in [0.3, 0.4) is 0 Å². The van der Waals surface area contributed by atoms with Crippen molar-refractivity contribution in [3.63, 3.8) is 0 Å². The molecule has 0 amide bonds. The molecule has 0 aliphatic carbocycles. The molecule has 6 nitrogen and oxygen atoms in total. The summed E-state index contributed by atoms with van der Waals surface area (Å²) >= 11 is 1.35. The van der Waals surface area contributed by atoms with Crippen LogP contribution in [0.5, 0.6) is 0 Å². The number of aliphatic hydroxyl groups is 1. The summed E-state index contributed by atoms with van der Waals surface area (Å²) in [6.45, 7) is 3.94. The summed E-state index contributed by atoms with van der Waals surface area (Å²) in [4.78, 5) is 3.89. The highest BCUT2D eigenvalue weighted by molar-refractivity contribution is 8.01. The van der Waals surface area contributed by atoms with Gasteiger partial charge < -0.3 is 14.6 Å². The molecule has 1 atom stereocenters. The van der Waals surface area contributed by atoms with Crippen LogP contribution in [0.15, 0.2) is 73.3 Å². The van der Waals surface area contributed by atoms with E-state index in [4.69, 9.17) is 9.47 Å². The molecule has 214 valence electrons. The van der Waals surface area contributed by atoms with Crippen molar-refractivity contribution in [1.29, 1.82) is 0 Å². The van der Waals surface area contributed by atoms with Gasteiger partial charge in [-0.3, -0.25) is 0 Å². The highest BCUT2D eigenvalue weighted by Crippen LogP contribution is 2.47. The molecule has 0 radical (unpaired) electrons. The first kappa shape index (κ1) is 29.9. The summed E-state index contributed by atoms with van der Waals surface area (Å²) in [5, 5.41) is 15.7. The Morgan fingerprint density at radius 1 is 1.05 bits per heavy atom. The maximum Gasteiger partial charge on any atom is 0.416 e. The number of hydrogen-bond donors (Lipinski definition) is 1. The fourth-order valence-corrected chi connectivity index (χ4v) is 5.77. The number of benzene rings is 2. The first-order valence-electron chi connectivity index (χ1n) is 12.3. The molecule has 40 heavy (non-hydrogen) atoms. The van der Waals surface area contributed by atoms with Crippen molar-refractivity contribution in [3.05, 3.63) is 102 Å². The molecule has 1 aliphatic rings. The summed E-state index contributed by atoms with van der Waals surface area (Å²) in [5.41, 5.74) is -1.97. The summed E-state index contributed by atoms with van der Waals surface area (Å²) in [5.74, 6) is -1.63. The summed E-state index contributed by atoms with van der Waals surface area (Å²) in [7, 11) is 0. The minimum absolute atomic E-state index is 0.0693. The Balaban J connectivity index is 1.37. The van der Waals surface area contributed by atoms with E-state index in [0.717, 1.165) is 24.3 Å². The van der Waals surface area contributed by atoms with Gasteiger partial charge in [0, 0.05) is 16.4 Å². The van der Waals surface area contributed by atoms with Gasteiger partial charge in [-0.25, -0.2) is 18.4 Å². The van der Waals surface area contributed by atoms with Crippen molar-refractivity contribution in [3.8, 4) is 0 Å². The molecular formula is C28H28F5N3O3S. The lowest BCUT2D eigenvalue weighted by Crippen LogP contribution is -2.51. The molecule has 1 N–H and O–H groups in total. The Morgan fingerprint density at radius 3 is 2.35 bits per heavy atom. The average Bonchev–Trinajstić information content (AvgIpc) is 3.40. The van der Waals surface area contributed by atoms with E-state index in [1.807, 2.05) is 0 Å². The minimum Gasteiger partial charge on any atom is -0.382 e. The van der Waals surface area contributed by atoms with Gasteiger partial charge in [0.15, 0.2) is 6.29 Å². The summed E-state index contributed by atoms with van der Waals surface area (Å²) < 4.78 is 78.5. The number of allylic oxidation sites excluding steroid dienone is 2. The molecule has 3 aromatic rings. The van der Waals surface area contributed by atoms with Gasteiger partial charge in [-0.15, -0.1) is 11.8 Å². The van der Waals surface area contributed by atoms with Crippen LogP contribution in [-0.4, -0.2) is 49.4 Å². The van der Waals surface area contributed by atoms with Gasteiger partial charge >= 0.3 is 6.18 Å². The predicted molar refractivity (Wildman–Crippen MR) is 141 cm³/mol. The predicted octanol–water partition coefficient (Wildman–Crippen LogP) is 5.99. The number of halogens is 5. The van der Waals surface area contributed by atoms with Crippen molar-refractivity contribution < 1.29 is 36.5 Å². The van der Waals surface area contributed by atoms with E-state index in [0.29, 0.717) is 5.56 Å². The maximum absolute atomic E-state index is 14.9. The second-order valence-corrected chi connectivity index (χ2v) is 11.6. The van der Waals surface area contributed by atoms with Crippen LogP contribution in [0.4, 0.5) is 22.0 Å². The molecular weight excluding hydrogens is 553 g/mol. The molecule has 0 saturated carbocycles. The molecule has 1 aliphatic heterocycles. The molecule has 1 aromatic heterocycles. The maximum atomic E-state index is 14.9. The highest BCUT2D eigenvalue weighted by Gasteiger charge is 2.49. The highest BCUT2D eigenvalue weighted by atomic mass is 32.2. The van der Waals surface area contributed by atoms with E-state index < -0.39 is 40.0 Å². The van der Waals surface area contributed by atoms with E-state index >= 15 is 0 Å². The fourth-order valence-electron chi connectivity index (χ4n) is 4.27. The molecule has 0 spiro atoms. The largest absolute Gasteiger partial charge is 0.416 e. The number of hydrogen-bond acceptors (Lipinski definition) is 6. The van der Waals surface area contributed by atoms with Gasteiger partial charge in [0.05, 0.1) is 30.6 Å². The standard InChI is InChI=1S/C28H28F5N3O3S/c1-26(2,27(37,16-36-18-34-17-35-36)23-12-11-21(29)13-24(23)30)40-22-14-38-25(39-15-22)6-4-3-5-19-7-9-20(10-8-19)28(31,32)33/h3-13,17-18,22,25,37H,14-16H2,1-2H3/b5-3+,6-4+. The lowest BCUT2D eigenvalue weighted by atomic mass is 9.82. The van der Waals surface area contributed by atoms with E-state index in [2.05, 4.69) is 10.1 Å². The van der Waals surface area contributed by atoms with Crippen LogP contribution in [0, 0.1) is 11.6 Å². The monoisotopic (exact) mass is 581 g/mol. The minimum atomic E-state index is -4.38. The van der Waals surface area contributed by atoms with Gasteiger partial charge in [0.25, 0.3) is 0 Å². The van der Waals surface area contributed by atoms with Crippen LogP contribution in [0.2, 0.25) is 0 Å². The van der Waals surface area contributed by atoms with Crippen LogP contribution in [-0.2, 0) is 27.8 Å². The normalized spacial score (nSPS) is 20.3. The second kappa shape index (κ2) is 12.2. The third-order valence-corrected chi connectivity index (χ3v) is 8.02. The number of ether oxygens (including phenoxy) is 2. The average molecular weight is 582 g/mol. The first-order valence-corrected chi connectivity index (χ1v) is 13.2. The van der Waals surface area contributed by atoms with E-state index in [-0.39, 0.29) is 30.6 Å². The number of aromatic nitrogens is 3. The van der Waals surface area contributed by atoms with Crippen molar-refractivity contribution in [2.45, 2.75) is 48.5 Å². The Morgan fingerprint density at radius 2 is 1.75 bits per heavy atom. The summed E-state index contributed by atoms with van der Waals surface area (Å²) in [6, 6.07) is 7.87. The molecule has 1 unspecified atom stereocenters. The van der Waals surface area contributed by atoms with Gasteiger partial charge in [0.2, 0.25) is 0 Å². The summed E-state index contributed by atoms with van der Waals surface area (Å²) in [6.07, 6.45) is 4.36. The van der Waals surface area contributed by atoms with Crippen LogP contribution >= 0.6 is 11.8 Å². The Bertz CT molecular complexity index is 1320. The smallest absolute Gasteiger partial charge is 0.382 e. The van der Waals surface area contributed by atoms with E-state index in [1.165, 1.54) is 47.3 Å². The number of alkyl halides is 3. The second-order valence-electron chi connectivity index (χ2n) is 9.73. The van der Waals surface area contributed by atoms with Crippen LogP contribution in [0.25, 0.3) is 6.08 Å². The zero-order valence-electron chi connectivity index (χ0n) is 21.7. The lowest BCUT2D eigenvalue weighted by Gasteiger charge is -2.45. The van der Waals surface area contributed by atoms with Crippen LogP contribution < -0.4 is 0 Å². The van der Waals surface area contributed by atoms with Gasteiger partial charge in [-0.05, 0) is 43.7 Å². The number of nitrogens with zero attached hydrogens (tertiary/aromatic N) is 3. The number of thioether (sulfide) groups is 1. The molecule has 1 saturated heterocycles. The quantitative estimate of drug-likeness (QED) is 0.248. The van der Waals surface area contributed by atoms with Crippen molar-refractivity contribution in [2.75, 3.05) is 13.2 Å². The van der Waals surface area contributed by atoms with E-state index in [9.17, 15) is 27.1 Å². The van der Waals surface area contributed by atoms with Gasteiger partial charge in [0.1, 0.15) is 29.9 Å². The molecule has 2 heterocycles. The third-order valence-electron chi connectivity index (χ3n) is 6.49. The Hall–Kier alpha value is -3.06. The molecule has 0 bridgehead atoms. The molecule has 4 rings (SSSR count). The third kappa shape index (κ3) is 7.17. The van der Waals surface area contributed by atoms with Gasteiger partial charge in [-0.2, -0.15) is 18.3 Å².